The summed E-state index contributed by atoms with van der Waals surface area (Å²) in [6.45, 7) is 2.67. The second kappa shape index (κ2) is 7.58. The predicted octanol–water partition coefficient (Wildman–Crippen LogP) is 2.27. The van der Waals surface area contributed by atoms with Gasteiger partial charge >= 0.3 is 0 Å². The van der Waals surface area contributed by atoms with E-state index in [4.69, 9.17) is 4.74 Å². The van der Waals surface area contributed by atoms with E-state index in [2.05, 4.69) is 4.98 Å². The van der Waals surface area contributed by atoms with E-state index in [1.165, 1.54) is 11.3 Å². The number of fused-ring (bicyclic) bond motifs is 4. The highest BCUT2D eigenvalue weighted by atomic mass is 32.1. The summed E-state index contributed by atoms with van der Waals surface area (Å²) in [5.41, 5.74) is 3.46. The van der Waals surface area contributed by atoms with Crippen molar-refractivity contribution in [3.63, 3.8) is 0 Å². The van der Waals surface area contributed by atoms with E-state index in [1.807, 2.05) is 70.3 Å². The van der Waals surface area contributed by atoms with Gasteiger partial charge in [0, 0.05) is 35.8 Å². The molecule has 0 aliphatic carbocycles. The van der Waals surface area contributed by atoms with Crippen molar-refractivity contribution in [2.24, 2.45) is 0 Å². The molecule has 8 heteroatoms. The second-order valence-corrected chi connectivity index (χ2v) is 8.87. The molecule has 0 unspecified atom stereocenters. The molecule has 4 heterocycles. The van der Waals surface area contributed by atoms with E-state index in [0.717, 1.165) is 27.5 Å². The Morgan fingerprint density at radius 1 is 1.06 bits per heavy atom. The lowest BCUT2D eigenvalue weighted by atomic mass is 10.2. The van der Waals surface area contributed by atoms with Crippen LogP contribution in [0.5, 0.6) is 0 Å². The van der Waals surface area contributed by atoms with Crippen molar-refractivity contribution in [3.8, 4) is 0 Å². The smallest absolute Gasteiger partial charge is 0.274 e. The van der Waals surface area contributed by atoms with Gasteiger partial charge in [-0.1, -0.05) is 41.7 Å². The highest BCUT2D eigenvalue weighted by Gasteiger charge is 2.19. The number of hydrogen-bond acceptors (Lipinski definition) is 5. The molecule has 0 atom stereocenters. The Morgan fingerprint density at radius 3 is 2.66 bits per heavy atom. The number of thiazole rings is 1. The van der Waals surface area contributed by atoms with Gasteiger partial charge in [-0.2, -0.15) is 0 Å². The molecule has 1 saturated heterocycles. The zero-order valence-corrected chi connectivity index (χ0v) is 18.0. The molecule has 2 aromatic carbocycles. The number of carbonyl (C=O) groups excluding carboxylic acids is 1. The van der Waals surface area contributed by atoms with Crippen LogP contribution < -0.4 is 10.1 Å². The van der Waals surface area contributed by atoms with Gasteiger partial charge in [0.25, 0.3) is 5.56 Å². The number of imidazole rings is 1. The lowest BCUT2D eigenvalue weighted by molar-refractivity contribution is -0.135. The van der Waals surface area contributed by atoms with Gasteiger partial charge in [0.1, 0.15) is 6.54 Å². The summed E-state index contributed by atoms with van der Waals surface area (Å²) in [5.74, 6) is 0.0752. The minimum absolute atomic E-state index is 0.0695. The normalized spacial score (nSPS) is 15.4. The summed E-state index contributed by atoms with van der Waals surface area (Å²) in [6.07, 6.45) is 3.87. The first-order valence-electron chi connectivity index (χ1n) is 10.5. The quantitative estimate of drug-likeness (QED) is 0.428. The van der Waals surface area contributed by atoms with Crippen LogP contribution in [-0.2, 0) is 16.1 Å². The van der Waals surface area contributed by atoms with E-state index < -0.39 is 0 Å². The number of benzene rings is 2. The SMILES string of the molecule is O=C(Cn1cc(/C=c2\sc3nc4ccccc4n3c2=O)c2ccccc21)N1CCOCC1. The summed E-state index contributed by atoms with van der Waals surface area (Å²) in [4.78, 5) is 33.1. The minimum atomic E-state index is -0.0695. The monoisotopic (exact) mass is 444 g/mol. The number of rotatable bonds is 3. The molecule has 32 heavy (non-hydrogen) atoms. The Hall–Kier alpha value is -3.49. The first-order valence-corrected chi connectivity index (χ1v) is 11.4. The Bertz CT molecular complexity index is 1590. The molecule has 6 rings (SSSR count). The molecule has 0 radical (unpaired) electrons. The number of carbonyl (C=O) groups is 1. The van der Waals surface area contributed by atoms with Gasteiger partial charge in [0.05, 0.1) is 28.8 Å². The largest absolute Gasteiger partial charge is 0.378 e. The molecule has 1 fully saturated rings. The maximum absolute atomic E-state index is 13.2. The van der Waals surface area contributed by atoms with Gasteiger partial charge in [-0.25, -0.2) is 9.38 Å². The fourth-order valence-electron chi connectivity index (χ4n) is 4.33. The third kappa shape index (κ3) is 3.11. The number of ether oxygens (including phenoxy) is 1. The topological polar surface area (TPSA) is 68.8 Å². The van der Waals surface area contributed by atoms with E-state index >= 15 is 0 Å². The van der Waals surface area contributed by atoms with E-state index in [-0.39, 0.29) is 18.0 Å². The molecule has 0 N–H and O–H groups in total. The van der Waals surface area contributed by atoms with Gasteiger partial charge in [0.2, 0.25) is 5.91 Å². The zero-order valence-electron chi connectivity index (χ0n) is 17.2. The number of nitrogens with zero attached hydrogens (tertiary/aromatic N) is 4. The third-order valence-electron chi connectivity index (χ3n) is 5.92. The van der Waals surface area contributed by atoms with E-state index in [9.17, 15) is 9.59 Å². The van der Waals surface area contributed by atoms with Crippen molar-refractivity contribution < 1.29 is 9.53 Å². The van der Waals surface area contributed by atoms with E-state index in [0.29, 0.717) is 35.8 Å². The molecular formula is C24H20N4O3S. The van der Waals surface area contributed by atoms with Crippen LogP contribution in [0.15, 0.2) is 59.5 Å². The maximum Gasteiger partial charge on any atom is 0.274 e. The Labute approximate surface area is 186 Å². The summed E-state index contributed by atoms with van der Waals surface area (Å²) < 4.78 is 9.62. The van der Waals surface area contributed by atoms with Crippen LogP contribution in [0, 0.1) is 0 Å². The summed E-state index contributed by atoms with van der Waals surface area (Å²) in [5, 5.41) is 1.01. The highest BCUT2D eigenvalue weighted by Crippen LogP contribution is 2.23. The summed E-state index contributed by atoms with van der Waals surface area (Å²) in [6, 6.07) is 15.6. The van der Waals surface area contributed by atoms with Gasteiger partial charge in [-0.05, 0) is 24.3 Å². The van der Waals surface area contributed by atoms with Crippen molar-refractivity contribution >= 4 is 50.2 Å². The standard InChI is InChI=1S/C24H20N4O3S/c29-22(26-9-11-31-12-10-26)15-27-14-16(17-5-1-3-7-19(17)27)13-21-23(30)28-20-8-4-2-6-18(20)25-24(28)32-21/h1-8,13-14H,9-12,15H2/b21-13-. The molecule has 3 aromatic heterocycles. The van der Waals surface area contributed by atoms with Crippen LogP contribution in [0.1, 0.15) is 5.56 Å². The van der Waals surface area contributed by atoms with Gasteiger partial charge in [-0.3, -0.25) is 9.59 Å². The van der Waals surface area contributed by atoms with Crippen molar-refractivity contribution in [2.45, 2.75) is 6.54 Å². The van der Waals surface area contributed by atoms with Gasteiger partial charge in [0.15, 0.2) is 4.96 Å². The van der Waals surface area contributed by atoms with Crippen LogP contribution >= 0.6 is 11.3 Å². The Morgan fingerprint density at radius 2 is 1.81 bits per heavy atom. The molecule has 7 nitrogen and oxygen atoms in total. The molecule has 1 aliphatic rings. The summed E-state index contributed by atoms with van der Waals surface area (Å²) >= 11 is 1.38. The van der Waals surface area contributed by atoms with Crippen LogP contribution in [0.3, 0.4) is 0 Å². The molecule has 5 aromatic rings. The zero-order chi connectivity index (χ0) is 21.7. The highest BCUT2D eigenvalue weighted by molar-refractivity contribution is 7.15. The number of amides is 1. The molecule has 1 amide bonds. The Balaban J connectivity index is 1.44. The van der Waals surface area contributed by atoms with E-state index in [1.54, 1.807) is 4.40 Å². The predicted molar refractivity (Wildman–Crippen MR) is 125 cm³/mol. The number of para-hydroxylation sites is 3. The minimum Gasteiger partial charge on any atom is -0.378 e. The average Bonchev–Trinajstić information content (AvgIpc) is 3.46. The fraction of sp³-hybridized carbons (Fsp3) is 0.208. The molecule has 0 spiro atoms. The lowest BCUT2D eigenvalue weighted by Gasteiger charge is -2.27. The van der Waals surface area contributed by atoms with Crippen LogP contribution in [0.2, 0.25) is 0 Å². The molecule has 160 valence electrons. The lowest BCUT2D eigenvalue weighted by Crippen LogP contribution is -2.42. The Kier molecular flexibility index (Phi) is 4.55. The van der Waals surface area contributed by atoms with Crippen molar-refractivity contribution in [1.29, 1.82) is 0 Å². The van der Waals surface area contributed by atoms with Crippen molar-refractivity contribution in [3.05, 3.63) is 75.2 Å². The third-order valence-corrected chi connectivity index (χ3v) is 6.89. The fourth-order valence-corrected chi connectivity index (χ4v) is 5.31. The van der Waals surface area contributed by atoms with Crippen molar-refractivity contribution in [1.82, 2.24) is 18.9 Å². The van der Waals surface area contributed by atoms with Crippen LogP contribution in [-0.4, -0.2) is 51.1 Å². The molecule has 0 bridgehead atoms. The van der Waals surface area contributed by atoms with Crippen LogP contribution in [0.25, 0.3) is 33.0 Å². The second-order valence-electron chi connectivity index (χ2n) is 7.86. The molecule has 0 saturated carbocycles. The van der Waals surface area contributed by atoms with Crippen LogP contribution in [0.4, 0.5) is 0 Å². The number of aromatic nitrogens is 3. The van der Waals surface area contributed by atoms with Gasteiger partial charge < -0.3 is 14.2 Å². The number of morpholine rings is 1. The average molecular weight is 445 g/mol. The maximum atomic E-state index is 13.2. The number of hydrogen-bond donors (Lipinski definition) is 0. The molecule has 1 aliphatic heterocycles. The van der Waals surface area contributed by atoms with Crippen molar-refractivity contribution in [2.75, 3.05) is 26.3 Å². The van der Waals surface area contributed by atoms with Gasteiger partial charge in [-0.15, -0.1) is 0 Å². The summed E-state index contributed by atoms with van der Waals surface area (Å²) in [7, 11) is 0. The molecular weight excluding hydrogens is 424 g/mol. The first-order chi connectivity index (χ1) is 15.7. The first kappa shape index (κ1) is 19.2.